The number of allylic oxidation sites excluding steroid dienone is 2. The zero-order valence-corrected chi connectivity index (χ0v) is 7.35. The van der Waals surface area contributed by atoms with Gasteiger partial charge in [0.15, 0.2) is 0 Å². The molecule has 0 nitrogen and oxygen atoms in total. The maximum Gasteiger partial charge on any atom is -0.0229 e. The van der Waals surface area contributed by atoms with Gasteiger partial charge in [0.05, 0.1) is 0 Å². The van der Waals surface area contributed by atoms with E-state index in [2.05, 4.69) is 26.8 Å². The van der Waals surface area contributed by atoms with E-state index in [1.54, 1.807) is 5.57 Å². The lowest BCUT2D eigenvalue weighted by Gasteiger charge is -2.07. The van der Waals surface area contributed by atoms with E-state index in [9.17, 15) is 0 Å². The molecule has 0 aromatic carbocycles. The van der Waals surface area contributed by atoms with Crippen LogP contribution in [0, 0.1) is 11.8 Å². The molecule has 1 rings (SSSR count). The lowest BCUT2D eigenvalue weighted by atomic mass is 9.99. The standard InChI is InChI=1S/C10H18/c1-4-5-10-8(2)6-7-9(10)3/h5,8-9H,4,6-7H2,1-3H3/t8-,9?/m0/s1. The van der Waals surface area contributed by atoms with E-state index in [0.717, 1.165) is 11.8 Å². The molecule has 58 valence electrons. The van der Waals surface area contributed by atoms with Crippen LogP contribution in [-0.2, 0) is 0 Å². The maximum absolute atomic E-state index is 2.42. The molecule has 1 aliphatic rings. The number of hydrogen-bond acceptors (Lipinski definition) is 0. The fourth-order valence-corrected chi connectivity index (χ4v) is 1.96. The summed E-state index contributed by atoms with van der Waals surface area (Å²) in [5, 5.41) is 0. The first-order chi connectivity index (χ1) is 4.75. The summed E-state index contributed by atoms with van der Waals surface area (Å²) in [4.78, 5) is 0. The summed E-state index contributed by atoms with van der Waals surface area (Å²) in [6, 6.07) is 0. The van der Waals surface area contributed by atoms with Gasteiger partial charge in [-0.2, -0.15) is 0 Å². The van der Waals surface area contributed by atoms with Gasteiger partial charge in [0.2, 0.25) is 0 Å². The molecule has 0 heteroatoms. The molecule has 2 atom stereocenters. The minimum Gasteiger partial charge on any atom is -0.0851 e. The Bertz CT molecular complexity index is 121. The van der Waals surface area contributed by atoms with Crippen LogP contribution in [0.1, 0.15) is 40.0 Å². The Balaban J connectivity index is 2.62. The third-order valence-electron chi connectivity index (χ3n) is 2.61. The SMILES string of the molecule is CCC=C1C(C)CC[C@@H]1C. The molecule has 1 saturated carbocycles. The van der Waals surface area contributed by atoms with Crippen LogP contribution < -0.4 is 0 Å². The van der Waals surface area contributed by atoms with Crippen molar-refractivity contribution in [1.29, 1.82) is 0 Å². The van der Waals surface area contributed by atoms with Crippen LogP contribution in [0.2, 0.25) is 0 Å². The van der Waals surface area contributed by atoms with Gasteiger partial charge < -0.3 is 0 Å². The minimum atomic E-state index is 0.870. The highest BCUT2D eigenvalue weighted by Gasteiger charge is 2.22. The first-order valence-corrected chi connectivity index (χ1v) is 4.45. The van der Waals surface area contributed by atoms with Crippen LogP contribution in [0.4, 0.5) is 0 Å². The first-order valence-electron chi connectivity index (χ1n) is 4.45. The third-order valence-corrected chi connectivity index (χ3v) is 2.61. The molecule has 0 N–H and O–H groups in total. The summed E-state index contributed by atoms with van der Waals surface area (Å²) < 4.78 is 0. The van der Waals surface area contributed by atoms with Crippen LogP contribution in [0.5, 0.6) is 0 Å². The fourth-order valence-electron chi connectivity index (χ4n) is 1.96. The van der Waals surface area contributed by atoms with E-state index in [1.165, 1.54) is 19.3 Å². The Morgan fingerprint density at radius 2 is 1.80 bits per heavy atom. The van der Waals surface area contributed by atoms with Gasteiger partial charge in [-0.3, -0.25) is 0 Å². The normalized spacial score (nSPS) is 37.3. The van der Waals surface area contributed by atoms with E-state index >= 15 is 0 Å². The van der Waals surface area contributed by atoms with E-state index in [0.29, 0.717) is 0 Å². The second-order valence-corrected chi connectivity index (χ2v) is 3.49. The molecule has 0 spiro atoms. The second-order valence-electron chi connectivity index (χ2n) is 3.49. The van der Waals surface area contributed by atoms with E-state index in [4.69, 9.17) is 0 Å². The predicted molar refractivity (Wildman–Crippen MR) is 45.9 cm³/mol. The maximum atomic E-state index is 2.42. The molecular weight excluding hydrogens is 120 g/mol. The zero-order valence-electron chi connectivity index (χ0n) is 7.35. The molecular formula is C10H18. The average Bonchev–Trinajstić information content (AvgIpc) is 2.20. The van der Waals surface area contributed by atoms with Crippen molar-refractivity contribution >= 4 is 0 Å². The van der Waals surface area contributed by atoms with Gasteiger partial charge in [-0.1, -0.05) is 32.4 Å². The molecule has 0 saturated heterocycles. The van der Waals surface area contributed by atoms with Gasteiger partial charge in [0.1, 0.15) is 0 Å². The summed E-state index contributed by atoms with van der Waals surface area (Å²) in [5.74, 6) is 1.74. The van der Waals surface area contributed by atoms with Crippen molar-refractivity contribution in [2.24, 2.45) is 11.8 Å². The van der Waals surface area contributed by atoms with Crippen molar-refractivity contribution in [2.45, 2.75) is 40.0 Å². The first kappa shape index (κ1) is 7.84. The Morgan fingerprint density at radius 3 is 2.20 bits per heavy atom. The van der Waals surface area contributed by atoms with Crippen molar-refractivity contribution in [3.8, 4) is 0 Å². The molecule has 0 amide bonds. The molecule has 0 aromatic rings. The van der Waals surface area contributed by atoms with Crippen molar-refractivity contribution in [3.05, 3.63) is 11.6 Å². The predicted octanol–water partition coefficient (Wildman–Crippen LogP) is 3.39. The Labute approximate surface area is 64.3 Å². The molecule has 1 aliphatic carbocycles. The molecule has 0 aliphatic heterocycles. The second kappa shape index (κ2) is 3.23. The Morgan fingerprint density at radius 1 is 1.30 bits per heavy atom. The lowest BCUT2D eigenvalue weighted by Crippen LogP contribution is -1.94. The molecule has 0 radical (unpaired) electrons. The van der Waals surface area contributed by atoms with E-state index in [-0.39, 0.29) is 0 Å². The topological polar surface area (TPSA) is 0 Å². The van der Waals surface area contributed by atoms with Gasteiger partial charge in [-0.05, 0) is 31.1 Å². The monoisotopic (exact) mass is 138 g/mol. The van der Waals surface area contributed by atoms with Crippen LogP contribution in [-0.4, -0.2) is 0 Å². The fraction of sp³-hybridized carbons (Fsp3) is 0.800. The lowest BCUT2D eigenvalue weighted by molar-refractivity contribution is 0.677. The van der Waals surface area contributed by atoms with Crippen molar-refractivity contribution in [2.75, 3.05) is 0 Å². The third kappa shape index (κ3) is 1.42. The van der Waals surface area contributed by atoms with Gasteiger partial charge in [-0.25, -0.2) is 0 Å². The van der Waals surface area contributed by atoms with Crippen molar-refractivity contribution in [1.82, 2.24) is 0 Å². The molecule has 0 heterocycles. The summed E-state index contributed by atoms with van der Waals surface area (Å²) in [5.41, 5.74) is 1.71. The van der Waals surface area contributed by atoms with Crippen LogP contribution >= 0.6 is 0 Å². The van der Waals surface area contributed by atoms with Crippen LogP contribution in [0.25, 0.3) is 0 Å². The highest BCUT2D eigenvalue weighted by atomic mass is 14.3. The molecule has 1 fully saturated rings. The smallest absolute Gasteiger partial charge is 0.0229 e. The number of rotatable bonds is 1. The van der Waals surface area contributed by atoms with E-state index < -0.39 is 0 Å². The quantitative estimate of drug-likeness (QED) is 0.487. The minimum absolute atomic E-state index is 0.870. The van der Waals surface area contributed by atoms with Crippen molar-refractivity contribution < 1.29 is 0 Å². The average molecular weight is 138 g/mol. The van der Waals surface area contributed by atoms with Crippen LogP contribution in [0.15, 0.2) is 11.6 Å². The van der Waals surface area contributed by atoms with E-state index in [1.807, 2.05) is 0 Å². The molecule has 1 unspecified atom stereocenters. The molecule has 0 aromatic heterocycles. The van der Waals surface area contributed by atoms with Gasteiger partial charge in [-0.15, -0.1) is 0 Å². The summed E-state index contributed by atoms with van der Waals surface area (Å²) in [6.07, 6.45) is 6.45. The van der Waals surface area contributed by atoms with Crippen LogP contribution in [0.3, 0.4) is 0 Å². The van der Waals surface area contributed by atoms with Gasteiger partial charge in [0.25, 0.3) is 0 Å². The summed E-state index contributed by atoms with van der Waals surface area (Å²) >= 11 is 0. The highest BCUT2D eigenvalue weighted by Crippen LogP contribution is 2.35. The molecule has 0 bridgehead atoms. The van der Waals surface area contributed by atoms with Gasteiger partial charge in [0, 0.05) is 0 Å². The zero-order chi connectivity index (χ0) is 7.56. The summed E-state index contributed by atoms with van der Waals surface area (Å²) in [6.45, 7) is 6.93. The Kier molecular flexibility index (Phi) is 2.53. The summed E-state index contributed by atoms with van der Waals surface area (Å²) in [7, 11) is 0. The highest BCUT2D eigenvalue weighted by molar-refractivity contribution is 5.13. The number of hydrogen-bond donors (Lipinski definition) is 0. The largest absolute Gasteiger partial charge is 0.0851 e. The Hall–Kier alpha value is -0.260. The van der Waals surface area contributed by atoms with Gasteiger partial charge >= 0.3 is 0 Å². The molecule has 10 heavy (non-hydrogen) atoms. The van der Waals surface area contributed by atoms with Crippen molar-refractivity contribution in [3.63, 3.8) is 0 Å².